The molecule has 1 rings (SSSR count). The smallest absolute Gasteiger partial charge is 0.303 e. The Morgan fingerprint density at radius 3 is 1.54 bits per heavy atom. The lowest BCUT2D eigenvalue weighted by Crippen LogP contribution is -2.54. The standard InChI is InChI=1S/C30H45N3O15S2/c1-46-13-12-31-29(40)23(8-10-25(34)35)33-30(41)24(9-11-26(36)37)32-28(39)21-6-4-20(5-7-21)27(38)22(18-49(42,43)16-14-47-2)19-50(44,45)17-15-48-3/h4-7,22-24H,8-19H2,1-3H3,(H,31,40)(H,32,39)(H,33,41)(H,34,35)(H,36,37)/t23?,24-/m0/s1. The molecule has 1 aromatic carbocycles. The van der Waals surface area contributed by atoms with Crippen molar-refractivity contribution in [1.29, 1.82) is 0 Å². The van der Waals surface area contributed by atoms with Crippen molar-refractivity contribution in [2.45, 2.75) is 37.8 Å². The summed E-state index contributed by atoms with van der Waals surface area (Å²) in [5, 5.41) is 25.5. The summed E-state index contributed by atoms with van der Waals surface area (Å²) in [6.07, 6.45) is -1.76. The first-order valence-corrected chi connectivity index (χ1v) is 18.9. The molecule has 0 heterocycles. The molecule has 5 N–H and O–H groups in total. The third kappa shape index (κ3) is 17.1. The molecule has 0 saturated carbocycles. The number of hydrogen-bond donors (Lipinski definition) is 5. The van der Waals surface area contributed by atoms with Crippen LogP contribution in [-0.4, -0.2) is 145 Å². The number of amides is 3. The van der Waals surface area contributed by atoms with Crippen molar-refractivity contribution in [3.05, 3.63) is 35.4 Å². The van der Waals surface area contributed by atoms with E-state index in [-0.39, 0.29) is 43.9 Å². The number of ketones is 1. The van der Waals surface area contributed by atoms with Gasteiger partial charge < -0.3 is 40.4 Å². The van der Waals surface area contributed by atoms with Crippen LogP contribution in [0.5, 0.6) is 0 Å². The van der Waals surface area contributed by atoms with Crippen LogP contribution >= 0.6 is 0 Å². The molecule has 2 atom stereocenters. The summed E-state index contributed by atoms with van der Waals surface area (Å²) in [6.45, 7) is -0.145. The van der Waals surface area contributed by atoms with Crippen LogP contribution in [0, 0.1) is 5.92 Å². The van der Waals surface area contributed by atoms with E-state index in [4.69, 9.17) is 19.3 Å². The number of carbonyl (C=O) groups is 6. The van der Waals surface area contributed by atoms with E-state index in [0.717, 1.165) is 0 Å². The molecule has 0 aliphatic rings. The van der Waals surface area contributed by atoms with Crippen LogP contribution in [0.1, 0.15) is 46.4 Å². The average Bonchev–Trinajstić information content (AvgIpc) is 3.05. The molecule has 20 heteroatoms. The summed E-state index contributed by atoms with van der Waals surface area (Å²) < 4.78 is 65.0. The highest BCUT2D eigenvalue weighted by molar-refractivity contribution is 7.92. The third-order valence-corrected chi connectivity index (χ3v) is 10.5. The van der Waals surface area contributed by atoms with Crippen LogP contribution in [0.3, 0.4) is 0 Å². The summed E-state index contributed by atoms with van der Waals surface area (Å²) in [6, 6.07) is 1.86. The fourth-order valence-electron chi connectivity index (χ4n) is 4.41. The predicted octanol–water partition coefficient (Wildman–Crippen LogP) is -1.32. The second-order valence-corrected chi connectivity index (χ2v) is 15.5. The first-order chi connectivity index (χ1) is 23.4. The Labute approximate surface area is 290 Å². The van der Waals surface area contributed by atoms with Gasteiger partial charge in [0.25, 0.3) is 5.91 Å². The number of nitrogens with one attached hydrogen (secondary N) is 3. The Morgan fingerprint density at radius 2 is 1.10 bits per heavy atom. The van der Waals surface area contributed by atoms with Gasteiger partial charge in [-0.2, -0.15) is 0 Å². The van der Waals surface area contributed by atoms with Gasteiger partial charge >= 0.3 is 11.9 Å². The molecule has 1 aromatic rings. The van der Waals surface area contributed by atoms with E-state index in [2.05, 4.69) is 16.0 Å². The monoisotopic (exact) mass is 751 g/mol. The molecule has 0 aromatic heterocycles. The van der Waals surface area contributed by atoms with Crippen molar-refractivity contribution >= 4 is 55.1 Å². The van der Waals surface area contributed by atoms with Gasteiger partial charge in [0.2, 0.25) is 11.8 Å². The van der Waals surface area contributed by atoms with Crippen LogP contribution in [0.2, 0.25) is 0 Å². The van der Waals surface area contributed by atoms with E-state index in [1.807, 2.05) is 0 Å². The number of carboxylic acids is 2. The molecule has 0 aliphatic heterocycles. The molecule has 282 valence electrons. The molecular weight excluding hydrogens is 706 g/mol. The summed E-state index contributed by atoms with van der Waals surface area (Å²) in [5.74, 6) is -9.84. The van der Waals surface area contributed by atoms with Crippen LogP contribution < -0.4 is 16.0 Å². The van der Waals surface area contributed by atoms with Gasteiger partial charge in [-0.3, -0.25) is 28.8 Å². The van der Waals surface area contributed by atoms with E-state index >= 15 is 0 Å². The van der Waals surface area contributed by atoms with Gasteiger partial charge in [-0.05, 0) is 25.0 Å². The van der Waals surface area contributed by atoms with Gasteiger partial charge in [-0.25, -0.2) is 16.8 Å². The summed E-state index contributed by atoms with van der Waals surface area (Å²) in [5.41, 5.74) is -0.206. The number of hydrogen-bond acceptors (Lipinski definition) is 13. The maximum atomic E-state index is 13.4. The van der Waals surface area contributed by atoms with Crippen molar-refractivity contribution in [3.63, 3.8) is 0 Å². The lowest BCUT2D eigenvalue weighted by atomic mass is 9.99. The largest absolute Gasteiger partial charge is 0.481 e. The molecule has 0 bridgehead atoms. The van der Waals surface area contributed by atoms with Crippen molar-refractivity contribution in [1.82, 2.24) is 16.0 Å². The fraction of sp³-hybridized carbons (Fsp3) is 0.600. The Kier molecular flexibility index (Phi) is 19.3. The fourth-order valence-corrected chi connectivity index (χ4v) is 7.50. The summed E-state index contributed by atoms with van der Waals surface area (Å²) in [7, 11) is -3.87. The van der Waals surface area contributed by atoms with E-state index in [1.54, 1.807) is 0 Å². The first kappa shape index (κ1) is 44.0. The number of rotatable bonds is 26. The van der Waals surface area contributed by atoms with Crippen LogP contribution in [0.25, 0.3) is 0 Å². The molecule has 0 saturated heterocycles. The van der Waals surface area contributed by atoms with E-state index < -0.39 is 115 Å². The minimum absolute atomic E-state index is 0.0560. The van der Waals surface area contributed by atoms with Crippen molar-refractivity contribution in [3.8, 4) is 0 Å². The third-order valence-electron chi connectivity index (χ3n) is 7.06. The Hall–Kier alpha value is -3.98. The zero-order chi connectivity index (χ0) is 37.9. The topological polar surface area (TPSA) is 275 Å². The number of sulfone groups is 2. The minimum Gasteiger partial charge on any atom is -0.481 e. The SMILES string of the molecule is COCCNC(=O)C(CCC(=O)O)NC(=O)[C@H](CCC(=O)O)NC(=O)c1ccc(C(=O)C(CS(=O)(=O)CCOC)CS(=O)(=O)CCOC)cc1. The number of benzene rings is 1. The number of carbonyl (C=O) groups excluding carboxylic acids is 4. The number of ether oxygens (including phenoxy) is 3. The Bertz CT molecular complexity index is 1490. The van der Waals surface area contributed by atoms with Gasteiger partial charge in [0.15, 0.2) is 25.5 Å². The molecule has 3 amide bonds. The average molecular weight is 752 g/mol. The van der Waals surface area contributed by atoms with Crippen molar-refractivity contribution in [2.75, 3.05) is 70.7 Å². The molecule has 0 fully saturated rings. The van der Waals surface area contributed by atoms with Gasteiger partial charge in [0, 0.05) is 51.8 Å². The highest BCUT2D eigenvalue weighted by atomic mass is 32.2. The van der Waals surface area contributed by atoms with Crippen molar-refractivity contribution < 1.29 is 70.0 Å². The Balaban J connectivity index is 3.24. The van der Waals surface area contributed by atoms with E-state index in [9.17, 15) is 50.7 Å². The maximum absolute atomic E-state index is 13.4. The number of carboxylic acid groups (broad SMARTS) is 2. The van der Waals surface area contributed by atoms with E-state index in [1.165, 1.54) is 45.6 Å². The van der Waals surface area contributed by atoms with Crippen LogP contribution in [-0.2, 0) is 53.1 Å². The highest BCUT2D eigenvalue weighted by Crippen LogP contribution is 2.17. The predicted molar refractivity (Wildman–Crippen MR) is 177 cm³/mol. The van der Waals surface area contributed by atoms with E-state index in [0.29, 0.717) is 0 Å². The highest BCUT2D eigenvalue weighted by Gasteiger charge is 2.32. The van der Waals surface area contributed by atoms with Crippen LogP contribution in [0.15, 0.2) is 24.3 Å². The number of Topliss-reactive ketones (excluding diaryl/α,β-unsaturated/α-hetero) is 1. The summed E-state index contributed by atoms with van der Waals surface area (Å²) in [4.78, 5) is 74.7. The molecule has 1 unspecified atom stereocenters. The van der Waals surface area contributed by atoms with Gasteiger partial charge in [0.1, 0.15) is 12.1 Å². The number of methoxy groups -OCH3 is 3. The molecule has 0 spiro atoms. The lowest BCUT2D eigenvalue weighted by molar-refractivity contribution is -0.139. The second-order valence-electron chi connectivity index (χ2n) is 11.1. The molecule has 0 aliphatic carbocycles. The zero-order valence-corrected chi connectivity index (χ0v) is 29.7. The first-order valence-electron chi connectivity index (χ1n) is 15.3. The van der Waals surface area contributed by atoms with Crippen LogP contribution in [0.4, 0.5) is 0 Å². The normalized spacial score (nSPS) is 12.9. The molecular formula is C30H45N3O15S2. The quantitative estimate of drug-likeness (QED) is 0.0543. The zero-order valence-electron chi connectivity index (χ0n) is 28.0. The minimum atomic E-state index is -3.92. The maximum Gasteiger partial charge on any atom is 0.303 e. The number of aliphatic carboxylic acids is 2. The van der Waals surface area contributed by atoms with Gasteiger partial charge in [-0.15, -0.1) is 0 Å². The van der Waals surface area contributed by atoms with Gasteiger partial charge in [-0.1, -0.05) is 12.1 Å². The molecule has 0 radical (unpaired) electrons. The second kappa shape index (κ2) is 22.0. The van der Waals surface area contributed by atoms with Crippen molar-refractivity contribution in [2.24, 2.45) is 5.92 Å². The summed E-state index contributed by atoms with van der Waals surface area (Å²) >= 11 is 0. The lowest BCUT2D eigenvalue weighted by Gasteiger charge is -2.23. The molecule has 50 heavy (non-hydrogen) atoms. The molecule has 18 nitrogen and oxygen atoms in total. The Morgan fingerprint density at radius 1 is 0.660 bits per heavy atom. The van der Waals surface area contributed by atoms with Gasteiger partial charge in [0.05, 0.1) is 48.7 Å².